The minimum atomic E-state index is -3.39. The van der Waals surface area contributed by atoms with E-state index in [-0.39, 0.29) is 24.5 Å². The second kappa shape index (κ2) is 7.90. The SMILES string of the molecule is CN(C1CCCCC1)S(=O)(=O)NCC1CCCCC1CO. The highest BCUT2D eigenvalue weighted by Gasteiger charge is 2.30. The Balaban J connectivity index is 1.87. The molecule has 0 aromatic carbocycles. The number of nitrogens with one attached hydrogen (secondary N) is 1. The van der Waals surface area contributed by atoms with Crippen molar-refractivity contribution < 1.29 is 13.5 Å². The van der Waals surface area contributed by atoms with Crippen molar-refractivity contribution in [1.82, 2.24) is 9.03 Å². The molecule has 6 heteroatoms. The Bertz CT molecular complexity index is 407. The first-order valence-electron chi connectivity index (χ1n) is 8.38. The second-order valence-corrected chi connectivity index (χ2v) is 8.46. The minimum Gasteiger partial charge on any atom is -0.396 e. The smallest absolute Gasteiger partial charge is 0.279 e. The van der Waals surface area contributed by atoms with Crippen LogP contribution in [0.25, 0.3) is 0 Å². The van der Waals surface area contributed by atoms with Crippen molar-refractivity contribution in [2.24, 2.45) is 11.8 Å². The molecule has 2 N–H and O–H groups in total. The van der Waals surface area contributed by atoms with Crippen LogP contribution in [0.5, 0.6) is 0 Å². The highest BCUT2D eigenvalue weighted by Crippen LogP contribution is 2.29. The van der Waals surface area contributed by atoms with Crippen molar-refractivity contribution in [1.29, 1.82) is 0 Å². The molecule has 2 aliphatic carbocycles. The van der Waals surface area contributed by atoms with E-state index in [1.165, 1.54) is 10.7 Å². The predicted molar refractivity (Wildman–Crippen MR) is 84.1 cm³/mol. The van der Waals surface area contributed by atoms with Gasteiger partial charge in [-0.3, -0.25) is 0 Å². The second-order valence-electron chi connectivity index (χ2n) is 6.65. The zero-order valence-electron chi connectivity index (χ0n) is 13.1. The molecule has 0 amide bonds. The molecule has 0 spiro atoms. The number of hydrogen-bond acceptors (Lipinski definition) is 3. The Hall–Kier alpha value is -0.170. The zero-order chi connectivity index (χ0) is 15.3. The van der Waals surface area contributed by atoms with Crippen molar-refractivity contribution in [3.63, 3.8) is 0 Å². The molecule has 0 bridgehead atoms. The van der Waals surface area contributed by atoms with Crippen LogP contribution in [0.2, 0.25) is 0 Å². The van der Waals surface area contributed by atoms with E-state index in [0.717, 1.165) is 51.4 Å². The average Bonchev–Trinajstić information content (AvgIpc) is 2.53. The van der Waals surface area contributed by atoms with Gasteiger partial charge < -0.3 is 5.11 Å². The summed E-state index contributed by atoms with van der Waals surface area (Å²) in [6.45, 7) is 0.634. The highest BCUT2D eigenvalue weighted by molar-refractivity contribution is 7.87. The maximum Gasteiger partial charge on any atom is 0.279 e. The first kappa shape index (κ1) is 17.2. The van der Waals surface area contributed by atoms with Crippen LogP contribution in [-0.4, -0.2) is 44.1 Å². The molecule has 2 aliphatic rings. The van der Waals surface area contributed by atoms with Gasteiger partial charge in [0.15, 0.2) is 0 Å². The highest BCUT2D eigenvalue weighted by atomic mass is 32.2. The summed E-state index contributed by atoms with van der Waals surface area (Å²) in [5, 5.41) is 9.42. The Labute approximate surface area is 129 Å². The summed E-state index contributed by atoms with van der Waals surface area (Å²) in [6, 6.07) is 0.149. The van der Waals surface area contributed by atoms with E-state index in [1.807, 2.05) is 0 Å². The van der Waals surface area contributed by atoms with Gasteiger partial charge in [-0.1, -0.05) is 32.1 Å². The molecule has 2 unspecified atom stereocenters. The van der Waals surface area contributed by atoms with Gasteiger partial charge in [0.25, 0.3) is 10.2 Å². The zero-order valence-corrected chi connectivity index (χ0v) is 13.9. The van der Waals surface area contributed by atoms with Gasteiger partial charge in [-0.2, -0.15) is 12.7 Å². The molecule has 124 valence electrons. The van der Waals surface area contributed by atoms with Crippen LogP contribution < -0.4 is 4.72 Å². The van der Waals surface area contributed by atoms with Crippen molar-refractivity contribution >= 4 is 10.2 Å². The first-order chi connectivity index (χ1) is 10.0. The van der Waals surface area contributed by atoms with Gasteiger partial charge in [-0.15, -0.1) is 0 Å². The quantitative estimate of drug-likeness (QED) is 0.785. The van der Waals surface area contributed by atoms with E-state index in [4.69, 9.17) is 0 Å². The van der Waals surface area contributed by atoms with Crippen LogP contribution in [-0.2, 0) is 10.2 Å². The van der Waals surface area contributed by atoms with Crippen LogP contribution >= 0.6 is 0 Å². The maximum atomic E-state index is 12.4. The van der Waals surface area contributed by atoms with E-state index in [0.29, 0.717) is 6.54 Å². The van der Waals surface area contributed by atoms with E-state index in [2.05, 4.69) is 4.72 Å². The fourth-order valence-corrected chi connectivity index (χ4v) is 4.98. The van der Waals surface area contributed by atoms with Gasteiger partial charge in [0.1, 0.15) is 0 Å². The average molecular weight is 318 g/mol. The normalized spacial score (nSPS) is 28.9. The summed E-state index contributed by atoms with van der Waals surface area (Å²) in [6.07, 6.45) is 9.73. The minimum absolute atomic E-state index is 0.149. The van der Waals surface area contributed by atoms with E-state index in [9.17, 15) is 13.5 Å². The number of nitrogens with zero attached hydrogens (tertiary/aromatic N) is 1. The van der Waals surface area contributed by atoms with E-state index >= 15 is 0 Å². The van der Waals surface area contributed by atoms with Gasteiger partial charge in [0.2, 0.25) is 0 Å². The van der Waals surface area contributed by atoms with Crippen LogP contribution in [0.15, 0.2) is 0 Å². The van der Waals surface area contributed by atoms with E-state index < -0.39 is 10.2 Å². The molecule has 0 aromatic rings. The first-order valence-corrected chi connectivity index (χ1v) is 9.82. The number of rotatable bonds is 6. The lowest BCUT2D eigenvalue weighted by atomic mass is 9.80. The summed E-state index contributed by atoms with van der Waals surface area (Å²) in [4.78, 5) is 0. The van der Waals surface area contributed by atoms with Crippen LogP contribution in [0.3, 0.4) is 0 Å². The summed E-state index contributed by atoms with van der Waals surface area (Å²) in [5.41, 5.74) is 0. The van der Waals surface area contributed by atoms with Gasteiger partial charge in [0.05, 0.1) is 0 Å². The number of aliphatic hydroxyl groups is 1. The molecule has 5 nitrogen and oxygen atoms in total. The fourth-order valence-electron chi connectivity index (χ4n) is 3.75. The van der Waals surface area contributed by atoms with Crippen LogP contribution in [0.1, 0.15) is 57.8 Å². The lowest BCUT2D eigenvalue weighted by Crippen LogP contribution is -2.47. The molecule has 0 aliphatic heterocycles. The lowest BCUT2D eigenvalue weighted by molar-refractivity contribution is 0.136. The van der Waals surface area contributed by atoms with Crippen molar-refractivity contribution in [3.8, 4) is 0 Å². The fraction of sp³-hybridized carbons (Fsp3) is 1.00. The van der Waals surface area contributed by atoms with Crippen molar-refractivity contribution in [2.75, 3.05) is 20.2 Å². The molecule has 0 radical (unpaired) electrons. The third-order valence-corrected chi connectivity index (χ3v) is 6.88. The molecule has 2 saturated carbocycles. The Morgan fingerprint density at radius 2 is 1.57 bits per heavy atom. The maximum absolute atomic E-state index is 12.4. The molecular formula is C15H30N2O3S. The Morgan fingerprint density at radius 1 is 1.00 bits per heavy atom. The molecule has 0 heterocycles. The summed E-state index contributed by atoms with van der Waals surface area (Å²) < 4.78 is 29.1. The molecule has 0 saturated heterocycles. The van der Waals surface area contributed by atoms with Crippen molar-refractivity contribution in [2.45, 2.75) is 63.8 Å². The van der Waals surface area contributed by atoms with Gasteiger partial charge in [-0.25, -0.2) is 4.72 Å². The molecule has 0 aromatic heterocycles. The molecule has 2 rings (SSSR count). The summed E-state index contributed by atoms with van der Waals surface area (Å²) in [5.74, 6) is 0.528. The lowest BCUT2D eigenvalue weighted by Gasteiger charge is -2.33. The Morgan fingerprint density at radius 3 is 2.19 bits per heavy atom. The largest absolute Gasteiger partial charge is 0.396 e. The van der Waals surface area contributed by atoms with Gasteiger partial charge in [0, 0.05) is 26.2 Å². The molecule has 2 atom stereocenters. The standard InChI is InChI=1S/C15H30N2O3S/c1-17(15-9-3-2-4-10-15)21(19,20)16-11-13-7-5-6-8-14(13)12-18/h13-16,18H,2-12H2,1H3. The molecule has 2 fully saturated rings. The Kier molecular flexibility index (Phi) is 6.47. The van der Waals surface area contributed by atoms with Crippen molar-refractivity contribution in [3.05, 3.63) is 0 Å². The van der Waals surface area contributed by atoms with Crippen LogP contribution in [0, 0.1) is 11.8 Å². The third kappa shape index (κ3) is 4.65. The topological polar surface area (TPSA) is 69.6 Å². The third-order valence-electron chi connectivity index (χ3n) is 5.30. The number of hydrogen-bond donors (Lipinski definition) is 2. The number of aliphatic hydroxyl groups excluding tert-OH is 1. The molecule has 21 heavy (non-hydrogen) atoms. The summed E-state index contributed by atoms with van der Waals surface area (Å²) in [7, 11) is -1.69. The van der Waals surface area contributed by atoms with Gasteiger partial charge >= 0.3 is 0 Å². The monoisotopic (exact) mass is 318 g/mol. The summed E-state index contributed by atoms with van der Waals surface area (Å²) >= 11 is 0. The van der Waals surface area contributed by atoms with Crippen LogP contribution in [0.4, 0.5) is 0 Å². The molecular weight excluding hydrogens is 288 g/mol. The van der Waals surface area contributed by atoms with E-state index in [1.54, 1.807) is 7.05 Å². The predicted octanol–water partition coefficient (Wildman–Crippen LogP) is 1.88. The van der Waals surface area contributed by atoms with Gasteiger partial charge in [-0.05, 0) is 37.5 Å².